The minimum absolute atomic E-state index is 0.0533. The summed E-state index contributed by atoms with van der Waals surface area (Å²) in [6.45, 7) is 4.80. The molecule has 0 saturated carbocycles. The number of phosphoric ester groups is 1. The number of allylic oxidation sites excluding steroid dienone is 7. The predicted octanol–water partition coefficient (Wildman–Crippen LogP) is 17.2. The number of carbonyl (C=O) groups excluding carboxylic acids is 1. The monoisotopic (exact) mass is 964 g/mol. The van der Waals surface area contributed by atoms with E-state index in [2.05, 4.69) is 55.6 Å². The van der Waals surface area contributed by atoms with E-state index in [4.69, 9.17) is 9.05 Å². The van der Waals surface area contributed by atoms with Crippen LogP contribution < -0.4 is 5.32 Å². The van der Waals surface area contributed by atoms with Gasteiger partial charge in [-0.05, 0) is 70.6 Å². The van der Waals surface area contributed by atoms with Crippen molar-refractivity contribution in [3.05, 3.63) is 48.6 Å². The number of nitrogens with one attached hydrogen (secondary N) is 1. The Labute approximate surface area is 416 Å². The number of hydrogen-bond acceptors (Lipinski definition) is 5. The summed E-state index contributed by atoms with van der Waals surface area (Å²) < 4.78 is 23.6. The zero-order chi connectivity index (χ0) is 49.2. The highest BCUT2D eigenvalue weighted by molar-refractivity contribution is 7.47. The van der Waals surface area contributed by atoms with E-state index in [0.717, 1.165) is 44.9 Å². The second kappa shape index (κ2) is 49.4. The first-order valence-electron chi connectivity index (χ1n) is 28.5. The van der Waals surface area contributed by atoms with Crippen LogP contribution in [0.5, 0.6) is 0 Å². The van der Waals surface area contributed by atoms with Crippen LogP contribution in [-0.4, -0.2) is 73.4 Å². The number of amides is 1. The van der Waals surface area contributed by atoms with E-state index < -0.39 is 20.0 Å². The first-order chi connectivity index (χ1) is 32.5. The summed E-state index contributed by atoms with van der Waals surface area (Å²) in [5, 5.41) is 13.9. The van der Waals surface area contributed by atoms with Crippen molar-refractivity contribution in [3.8, 4) is 0 Å². The van der Waals surface area contributed by atoms with Gasteiger partial charge in [-0.1, -0.05) is 236 Å². The fraction of sp³-hybridized carbons (Fsp3) is 0.845. The van der Waals surface area contributed by atoms with Gasteiger partial charge in [-0.2, -0.15) is 0 Å². The molecule has 9 heteroatoms. The largest absolute Gasteiger partial charge is 0.472 e. The Kier molecular flexibility index (Phi) is 48.3. The standard InChI is InChI=1S/C58H111N2O6P/c1-6-8-10-12-14-16-18-20-22-24-25-26-27-28-29-30-31-32-33-34-35-36-38-40-42-44-46-48-50-52-58(62)59-56(55-66-67(63,64)65-54-53-60(3,4)5)57(61)51-49-47-45-43-41-39-37-23-21-19-17-15-13-11-9-7-2/h21,23,28-29,41,43,49,51,56-57,61H,6-20,22,24-27,30-40,42,44-48,50,52-55H2,1-5H3,(H-,59,62,63,64)/p+1/b23-21+,29-28-,43-41+,51-49+. The number of aliphatic hydroxyl groups excluding tert-OH is 1. The summed E-state index contributed by atoms with van der Waals surface area (Å²) in [6.07, 6.45) is 65.1. The molecule has 67 heavy (non-hydrogen) atoms. The maximum Gasteiger partial charge on any atom is 0.472 e. The number of phosphoric acid groups is 1. The van der Waals surface area contributed by atoms with Gasteiger partial charge in [0.15, 0.2) is 0 Å². The van der Waals surface area contributed by atoms with Gasteiger partial charge in [-0.15, -0.1) is 0 Å². The molecular formula is C58H112N2O6P+. The molecule has 3 N–H and O–H groups in total. The molecule has 0 rings (SSSR count). The van der Waals surface area contributed by atoms with Crippen molar-refractivity contribution in [3.63, 3.8) is 0 Å². The Balaban J connectivity index is 4.16. The van der Waals surface area contributed by atoms with Crippen LogP contribution in [-0.2, 0) is 18.4 Å². The van der Waals surface area contributed by atoms with Crippen LogP contribution in [0.3, 0.4) is 0 Å². The maximum absolute atomic E-state index is 13.0. The van der Waals surface area contributed by atoms with Gasteiger partial charge in [0.1, 0.15) is 13.2 Å². The molecule has 0 aliphatic heterocycles. The highest BCUT2D eigenvalue weighted by atomic mass is 31.2. The smallest absolute Gasteiger partial charge is 0.387 e. The van der Waals surface area contributed by atoms with Crippen LogP contribution in [0.25, 0.3) is 0 Å². The summed E-state index contributed by atoms with van der Waals surface area (Å²) in [4.78, 5) is 23.3. The zero-order valence-electron chi connectivity index (χ0n) is 44.9. The zero-order valence-corrected chi connectivity index (χ0v) is 45.8. The average Bonchev–Trinajstić information content (AvgIpc) is 3.29. The lowest BCUT2D eigenvalue weighted by Crippen LogP contribution is -2.45. The number of nitrogens with zero attached hydrogens (tertiary/aromatic N) is 1. The molecule has 0 fully saturated rings. The van der Waals surface area contributed by atoms with Gasteiger partial charge >= 0.3 is 7.82 Å². The van der Waals surface area contributed by atoms with Crippen molar-refractivity contribution in [2.45, 2.75) is 276 Å². The predicted molar refractivity (Wildman–Crippen MR) is 291 cm³/mol. The lowest BCUT2D eigenvalue weighted by Gasteiger charge is -2.25. The van der Waals surface area contributed by atoms with Crippen LogP contribution in [0.4, 0.5) is 0 Å². The van der Waals surface area contributed by atoms with Crippen LogP contribution >= 0.6 is 7.82 Å². The van der Waals surface area contributed by atoms with Gasteiger partial charge in [0.05, 0.1) is 39.9 Å². The van der Waals surface area contributed by atoms with E-state index in [-0.39, 0.29) is 19.1 Å². The van der Waals surface area contributed by atoms with E-state index in [1.807, 2.05) is 27.2 Å². The highest BCUT2D eigenvalue weighted by Crippen LogP contribution is 2.43. The normalized spacial score (nSPS) is 14.3. The molecule has 0 aliphatic rings. The van der Waals surface area contributed by atoms with Gasteiger partial charge in [-0.3, -0.25) is 13.8 Å². The molecule has 0 saturated heterocycles. The molecule has 3 atom stereocenters. The molecule has 0 heterocycles. The molecule has 0 aromatic carbocycles. The number of likely N-dealkylation sites (N-methyl/N-ethyl adjacent to an activating group) is 1. The quantitative estimate of drug-likeness (QED) is 0.0243. The molecule has 0 spiro atoms. The fourth-order valence-corrected chi connectivity index (χ4v) is 8.98. The second-order valence-electron chi connectivity index (χ2n) is 20.6. The molecule has 0 bridgehead atoms. The van der Waals surface area contributed by atoms with E-state index in [1.165, 1.54) is 199 Å². The third-order valence-corrected chi connectivity index (χ3v) is 13.7. The van der Waals surface area contributed by atoms with Gasteiger partial charge in [0, 0.05) is 6.42 Å². The lowest BCUT2D eigenvalue weighted by molar-refractivity contribution is -0.870. The van der Waals surface area contributed by atoms with Gasteiger partial charge in [0.25, 0.3) is 0 Å². The van der Waals surface area contributed by atoms with Crippen molar-refractivity contribution in [2.24, 2.45) is 0 Å². The van der Waals surface area contributed by atoms with Crippen LogP contribution in [0.2, 0.25) is 0 Å². The number of carbonyl (C=O) groups is 1. The first-order valence-corrected chi connectivity index (χ1v) is 30.0. The van der Waals surface area contributed by atoms with E-state index in [9.17, 15) is 19.4 Å². The number of hydrogen-bond donors (Lipinski definition) is 3. The number of aliphatic hydroxyl groups is 1. The third-order valence-electron chi connectivity index (χ3n) is 12.7. The maximum atomic E-state index is 13.0. The molecule has 1 amide bonds. The van der Waals surface area contributed by atoms with Crippen molar-refractivity contribution < 1.29 is 32.9 Å². The Bertz CT molecular complexity index is 1230. The average molecular weight is 965 g/mol. The third kappa shape index (κ3) is 52.1. The molecule has 0 aromatic heterocycles. The van der Waals surface area contributed by atoms with Gasteiger partial charge in [0.2, 0.25) is 5.91 Å². The first kappa shape index (κ1) is 65.5. The van der Waals surface area contributed by atoms with Crippen molar-refractivity contribution in [1.82, 2.24) is 5.32 Å². The summed E-state index contributed by atoms with van der Waals surface area (Å²) in [6, 6.07) is -0.870. The second-order valence-corrected chi connectivity index (χ2v) is 22.1. The number of rotatable bonds is 52. The molecule has 0 radical (unpaired) electrons. The molecule has 8 nitrogen and oxygen atoms in total. The molecule has 0 aromatic rings. The Morgan fingerprint density at radius 2 is 0.821 bits per heavy atom. The Morgan fingerprint density at radius 3 is 1.19 bits per heavy atom. The minimum Gasteiger partial charge on any atom is -0.387 e. The topological polar surface area (TPSA) is 105 Å². The molecule has 3 unspecified atom stereocenters. The van der Waals surface area contributed by atoms with Crippen molar-refractivity contribution in [2.75, 3.05) is 40.9 Å². The number of unbranched alkanes of at least 4 members (excludes halogenated alkanes) is 33. The Morgan fingerprint density at radius 1 is 0.493 bits per heavy atom. The highest BCUT2D eigenvalue weighted by Gasteiger charge is 2.27. The summed E-state index contributed by atoms with van der Waals surface area (Å²) in [5.41, 5.74) is 0. The number of quaternary nitrogens is 1. The summed E-state index contributed by atoms with van der Waals surface area (Å²) in [5.74, 6) is -0.190. The molecular weight excluding hydrogens is 852 g/mol. The van der Waals surface area contributed by atoms with Crippen LogP contribution in [0.1, 0.15) is 264 Å². The van der Waals surface area contributed by atoms with Gasteiger partial charge in [-0.25, -0.2) is 4.57 Å². The Hall–Kier alpha value is -1.54. The fourth-order valence-electron chi connectivity index (χ4n) is 8.25. The SMILES string of the molecule is CCCCCCCC/C=C/CC/C=C/CC/C=C/C(O)C(COP(=O)(O)OCC[N+](C)(C)C)NC(=O)CCCCCCCCCCCCCCC/C=C\CCCCCCCCCCCCCC. The molecule has 0 aliphatic carbocycles. The van der Waals surface area contributed by atoms with Crippen LogP contribution in [0, 0.1) is 0 Å². The van der Waals surface area contributed by atoms with E-state index >= 15 is 0 Å². The lowest BCUT2D eigenvalue weighted by atomic mass is 10.0. The summed E-state index contributed by atoms with van der Waals surface area (Å²) >= 11 is 0. The van der Waals surface area contributed by atoms with Crippen molar-refractivity contribution in [1.29, 1.82) is 0 Å². The van der Waals surface area contributed by atoms with Crippen LogP contribution in [0.15, 0.2) is 48.6 Å². The van der Waals surface area contributed by atoms with Crippen molar-refractivity contribution >= 4 is 13.7 Å². The van der Waals surface area contributed by atoms with Gasteiger partial charge < -0.3 is 19.8 Å². The van der Waals surface area contributed by atoms with E-state index in [1.54, 1.807) is 6.08 Å². The summed E-state index contributed by atoms with van der Waals surface area (Å²) in [7, 11) is 1.55. The molecule has 394 valence electrons. The van der Waals surface area contributed by atoms with E-state index in [0.29, 0.717) is 17.4 Å². The minimum atomic E-state index is -4.36.